The van der Waals surface area contributed by atoms with E-state index in [0.717, 1.165) is 37.1 Å². The molecule has 150 valence electrons. The average Bonchev–Trinajstić information content (AvgIpc) is 3.16. The van der Waals surface area contributed by atoms with Gasteiger partial charge in [0.05, 0.1) is 4.90 Å². The van der Waals surface area contributed by atoms with Crippen LogP contribution in [-0.2, 0) is 23.0 Å². The highest BCUT2D eigenvalue weighted by molar-refractivity contribution is 7.89. The SMILES string of the molecule is CNS(=O)(=O)c1ccc(-c2ccncc2)c(C(=O)Nc2cc3n(n2)CCCC3)c1. The number of hydrogen-bond donors (Lipinski definition) is 2. The summed E-state index contributed by atoms with van der Waals surface area (Å²) in [5.41, 5.74) is 2.72. The van der Waals surface area contributed by atoms with Crippen LogP contribution < -0.4 is 10.0 Å². The fourth-order valence-electron chi connectivity index (χ4n) is 3.44. The van der Waals surface area contributed by atoms with E-state index in [1.54, 1.807) is 30.6 Å². The minimum atomic E-state index is -3.69. The zero-order chi connectivity index (χ0) is 20.4. The Bertz CT molecular complexity index is 1130. The Hall–Kier alpha value is -3.04. The second kappa shape index (κ2) is 7.76. The molecule has 1 aromatic carbocycles. The van der Waals surface area contributed by atoms with Crippen molar-refractivity contribution in [3.05, 3.63) is 60.0 Å². The van der Waals surface area contributed by atoms with Gasteiger partial charge in [-0.1, -0.05) is 6.07 Å². The van der Waals surface area contributed by atoms with Gasteiger partial charge >= 0.3 is 0 Å². The molecule has 3 heterocycles. The minimum Gasteiger partial charge on any atom is -0.305 e. The molecule has 29 heavy (non-hydrogen) atoms. The van der Waals surface area contributed by atoms with Gasteiger partial charge in [-0.25, -0.2) is 13.1 Å². The van der Waals surface area contributed by atoms with Gasteiger partial charge in [0, 0.05) is 36.3 Å². The maximum Gasteiger partial charge on any atom is 0.257 e. The molecule has 0 unspecified atom stereocenters. The van der Waals surface area contributed by atoms with Gasteiger partial charge < -0.3 is 5.32 Å². The summed E-state index contributed by atoms with van der Waals surface area (Å²) >= 11 is 0. The summed E-state index contributed by atoms with van der Waals surface area (Å²) in [6.07, 6.45) is 6.35. The van der Waals surface area contributed by atoms with E-state index >= 15 is 0 Å². The summed E-state index contributed by atoms with van der Waals surface area (Å²) in [6.45, 7) is 0.837. The lowest BCUT2D eigenvalue weighted by Crippen LogP contribution is -2.20. The number of carbonyl (C=O) groups is 1. The van der Waals surface area contributed by atoms with Crippen molar-refractivity contribution in [3.8, 4) is 11.1 Å². The maximum atomic E-state index is 13.1. The number of nitrogens with one attached hydrogen (secondary N) is 2. The molecule has 0 spiro atoms. The van der Waals surface area contributed by atoms with Crippen LogP contribution in [0.5, 0.6) is 0 Å². The normalized spacial score (nSPS) is 13.7. The molecule has 1 aliphatic rings. The fraction of sp³-hybridized carbons (Fsp3) is 0.250. The van der Waals surface area contributed by atoms with E-state index in [-0.39, 0.29) is 10.5 Å². The van der Waals surface area contributed by atoms with Crippen LogP contribution in [0.4, 0.5) is 5.82 Å². The molecule has 3 aromatic rings. The van der Waals surface area contributed by atoms with Crippen LogP contribution in [-0.4, -0.2) is 36.1 Å². The number of aryl methyl sites for hydroxylation is 2. The fourth-order valence-corrected chi connectivity index (χ4v) is 4.20. The standard InChI is InChI=1S/C20H21N5O3S/c1-21-29(27,28)16-5-6-17(14-7-9-22-10-8-14)18(13-16)20(26)23-19-12-15-4-2-3-11-25(15)24-19/h5-10,12-13,21H,2-4,11H2,1H3,(H,23,24,26). The molecular weight excluding hydrogens is 390 g/mol. The molecule has 0 saturated carbocycles. The second-order valence-corrected chi connectivity index (χ2v) is 8.69. The number of hydrogen-bond acceptors (Lipinski definition) is 5. The topological polar surface area (TPSA) is 106 Å². The highest BCUT2D eigenvalue weighted by atomic mass is 32.2. The van der Waals surface area contributed by atoms with Crippen LogP contribution in [0.25, 0.3) is 11.1 Å². The first kappa shape index (κ1) is 19.3. The van der Waals surface area contributed by atoms with Crippen LogP contribution in [0.2, 0.25) is 0 Å². The Morgan fingerprint density at radius 2 is 1.90 bits per heavy atom. The predicted molar refractivity (Wildman–Crippen MR) is 109 cm³/mol. The number of benzene rings is 1. The minimum absolute atomic E-state index is 0.0205. The van der Waals surface area contributed by atoms with Gasteiger partial charge in [0.1, 0.15) is 0 Å². The number of aromatic nitrogens is 3. The van der Waals surface area contributed by atoms with E-state index in [2.05, 4.69) is 20.1 Å². The molecule has 0 radical (unpaired) electrons. The van der Waals surface area contributed by atoms with Gasteiger partial charge in [0.2, 0.25) is 10.0 Å². The smallest absolute Gasteiger partial charge is 0.257 e. The summed E-state index contributed by atoms with van der Waals surface area (Å²) < 4.78 is 28.7. The van der Waals surface area contributed by atoms with E-state index in [1.165, 1.54) is 19.2 Å². The quantitative estimate of drug-likeness (QED) is 0.671. The van der Waals surface area contributed by atoms with E-state index < -0.39 is 15.9 Å². The van der Waals surface area contributed by atoms with Crippen molar-refractivity contribution in [1.29, 1.82) is 0 Å². The van der Waals surface area contributed by atoms with Crippen molar-refractivity contribution in [2.24, 2.45) is 0 Å². The number of nitrogens with zero attached hydrogens (tertiary/aromatic N) is 3. The van der Waals surface area contributed by atoms with Crippen LogP contribution >= 0.6 is 0 Å². The molecule has 1 amide bonds. The van der Waals surface area contributed by atoms with E-state index in [9.17, 15) is 13.2 Å². The first-order chi connectivity index (χ1) is 14.0. The van der Waals surface area contributed by atoms with Crippen LogP contribution in [0, 0.1) is 0 Å². The molecule has 0 saturated heterocycles. The zero-order valence-corrected chi connectivity index (χ0v) is 16.7. The Balaban J connectivity index is 1.74. The van der Waals surface area contributed by atoms with Crippen LogP contribution in [0.15, 0.2) is 53.7 Å². The largest absolute Gasteiger partial charge is 0.305 e. The third-order valence-electron chi connectivity index (χ3n) is 4.96. The Labute approximate surface area is 169 Å². The molecule has 9 heteroatoms. The van der Waals surface area contributed by atoms with Gasteiger partial charge in [-0.2, -0.15) is 5.10 Å². The summed E-state index contributed by atoms with van der Waals surface area (Å²) in [7, 11) is -2.36. The predicted octanol–water partition coefficient (Wildman–Crippen LogP) is 2.44. The number of pyridine rings is 1. The summed E-state index contributed by atoms with van der Waals surface area (Å²) in [5, 5.41) is 7.27. The van der Waals surface area contributed by atoms with Gasteiger partial charge in [-0.15, -0.1) is 0 Å². The second-order valence-electron chi connectivity index (χ2n) is 6.81. The number of rotatable bonds is 5. The molecule has 0 atom stereocenters. The summed E-state index contributed by atoms with van der Waals surface area (Å²) in [5.74, 6) is 0.0508. The molecule has 8 nitrogen and oxygen atoms in total. The van der Waals surface area contributed by atoms with Gasteiger partial charge in [-0.3, -0.25) is 14.5 Å². The molecule has 2 aromatic heterocycles. The molecular formula is C20H21N5O3S. The summed E-state index contributed by atoms with van der Waals surface area (Å²) in [6, 6.07) is 9.91. The lowest BCUT2D eigenvalue weighted by atomic mass is 10.00. The van der Waals surface area contributed by atoms with Gasteiger partial charge in [-0.05, 0) is 61.7 Å². The van der Waals surface area contributed by atoms with Crippen molar-refractivity contribution in [2.45, 2.75) is 30.7 Å². The van der Waals surface area contributed by atoms with Crippen molar-refractivity contribution in [3.63, 3.8) is 0 Å². The third kappa shape index (κ3) is 3.92. The molecule has 0 fully saturated rings. The summed E-state index contributed by atoms with van der Waals surface area (Å²) in [4.78, 5) is 17.1. The Morgan fingerprint density at radius 3 is 2.62 bits per heavy atom. The molecule has 2 N–H and O–H groups in total. The van der Waals surface area contributed by atoms with E-state index in [1.807, 2.05) is 10.7 Å². The van der Waals surface area contributed by atoms with Gasteiger partial charge in [0.25, 0.3) is 5.91 Å². The molecule has 4 rings (SSSR count). The van der Waals surface area contributed by atoms with Crippen molar-refractivity contribution in [1.82, 2.24) is 19.5 Å². The number of sulfonamides is 1. The lowest BCUT2D eigenvalue weighted by Gasteiger charge is -2.12. The molecule has 0 aliphatic carbocycles. The van der Waals surface area contributed by atoms with Gasteiger partial charge in [0.15, 0.2) is 5.82 Å². The Morgan fingerprint density at radius 1 is 1.10 bits per heavy atom. The van der Waals surface area contributed by atoms with Crippen molar-refractivity contribution >= 4 is 21.7 Å². The average molecular weight is 411 g/mol. The van der Waals surface area contributed by atoms with Crippen molar-refractivity contribution < 1.29 is 13.2 Å². The van der Waals surface area contributed by atoms with Crippen molar-refractivity contribution in [2.75, 3.05) is 12.4 Å². The van der Waals surface area contributed by atoms with E-state index in [0.29, 0.717) is 11.4 Å². The highest BCUT2D eigenvalue weighted by Crippen LogP contribution is 2.27. The van der Waals surface area contributed by atoms with Crippen LogP contribution in [0.3, 0.4) is 0 Å². The van der Waals surface area contributed by atoms with E-state index in [4.69, 9.17) is 0 Å². The number of carbonyl (C=O) groups excluding carboxylic acids is 1. The Kier molecular flexibility index (Phi) is 5.16. The number of fused-ring (bicyclic) bond motifs is 1. The third-order valence-corrected chi connectivity index (χ3v) is 6.38. The van der Waals surface area contributed by atoms with Crippen LogP contribution in [0.1, 0.15) is 28.9 Å². The number of anilines is 1. The first-order valence-electron chi connectivity index (χ1n) is 9.34. The first-order valence-corrected chi connectivity index (χ1v) is 10.8. The zero-order valence-electron chi connectivity index (χ0n) is 15.9. The highest BCUT2D eigenvalue weighted by Gasteiger charge is 2.20. The monoisotopic (exact) mass is 411 g/mol. The number of amides is 1. The molecule has 0 bridgehead atoms. The lowest BCUT2D eigenvalue weighted by molar-refractivity contribution is 0.102. The maximum absolute atomic E-state index is 13.1. The molecule has 1 aliphatic heterocycles.